The van der Waals surface area contributed by atoms with Crippen LogP contribution in [0.5, 0.6) is 5.75 Å². The second kappa shape index (κ2) is 9.23. The number of aromatic nitrogens is 1. The molecule has 0 fully saturated rings. The first-order chi connectivity index (χ1) is 13.8. The van der Waals surface area contributed by atoms with Gasteiger partial charge >= 0.3 is 0 Å². The molecule has 1 heterocycles. The second-order valence-corrected chi connectivity index (χ2v) is 8.56. The zero-order chi connectivity index (χ0) is 21.0. The van der Waals surface area contributed by atoms with E-state index in [9.17, 15) is 4.79 Å². The lowest BCUT2D eigenvalue weighted by Gasteiger charge is -2.26. The zero-order valence-electron chi connectivity index (χ0n) is 17.7. The molecular formula is C24H28N2O2S. The van der Waals surface area contributed by atoms with Gasteiger partial charge in [0.2, 0.25) is 0 Å². The van der Waals surface area contributed by atoms with Crippen molar-refractivity contribution in [2.45, 2.75) is 53.8 Å². The molecule has 29 heavy (non-hydrogen) atoms. The number of carbonyl (C=O) groups excluding carboxylic acids is 1. The van der Waals surface area contributed by atoms with Gasteiger partial charge < -0.3 is 9.64 Å². The van der Waals surface area contributed by atoms with Crippen LogP contribution in [0.15, 0.2) is 47.8 Å². The Morgan fingerprint density at radius 1 is 1.14 bits per heavy atom. The van der Waals surface area contributed by atoms with Crippen LogP contribution in [-0.2, 0) is 13.2 Å². The maximum absolute atomic E-state index is 13.0. The fraction of sp³-hybridized carbons (Fsp3) is 0.333. The van der Waals surface area contributed by atoms with Crippen molar-refractivity contribution in [1.82, 2.24) is 9.88 Å². The van der Waals surface area contributed by atoms with E-state index in [-0.39, 0.29) is 11.9 Å². The Labute approximate surface area is 177 Å². The van der Waals surface area contributed by atoms with Gasteiger partial charge in [-0.05, 0) is 63.9 Å². The molecule has 0 unspecified atom stereocenters. The van der Waals surface area contributed by atoms with Crippen molar-refractivity contribution in [2.75, 3.05) is 0 Å². The topological polar surface area (TPSA) is 42.4 Å². The summed E-state index contributed by atoms with van der Waals surface area (Å²) < 4.78 is 5.97. The molecule has 0 radical (unpaired) electrons. The van der Waals surface area contributed by atoms with Crippen molar-refractivity contribution in [1.29, 1.82) is 0 Å². The Morgan fingerprint density at radius 3 is 2.62 bits per heavy atom. The summed E-state index contributed by atoms with van der Waals surface area (Å²) in [6.45, 7) is 11.1. The standard InChI is InChI=1S/C24H28N2O2S/c1-16(2)26(24(27)20-10-6-8-17(3)12-20)13-21-15-29-23(25-21)14-28-22-11-7-9-18(4)19(22)5/h6-12,15-16H,13-14H2,1-5H3. The van der Waals surface area contributed by atoms with E-state index in [0.29, 0.717) is 18.7 Å². The number of aryl methyl sites for hydroxylation is 2. The molecule has 0 atom stereocenters. The van der Waals surface area contributed by atoms with Gasteiger partial charge in [-0.3, -0.25) is 4.79 Å². The lowest BCUT2D eigenvalue weighted by molar-refractivity contribution is 0.0688. The molecule has 0 aliphatic rings. The predicted molar refractivity (Wildman–Crippen MR) is 119 cm³/mol. The summed E-state index contributed by atoms with van der Waals surface area (Å²) in [4.78, 5) is 19.6. The van der Waals surface area contributed by atoms with Crippen LogP contribution in [0.25, 0.3) is 0 Å². The number of thiazole rings is 1. The zero-order valence-corrected chi connectivity index (χ0v) is 18.5. The van der Waals surface area contributed by atoms with Crippen LogP contribution >= 0.6 is 11.3 Å². The normalized spacial score (nSPS) is 11.0. The van der Waals surface area contributed by atoms with E-state index in [1.165, 1.54) is 5.56 Å². The van der Waals surface area contributed by atoms with Crippen LogP contribution in [0, 0.1) is 20.8 Å². The SMILES string of the molecule is Cc1cccc(C(=O)N(Cc2csc(COc3cccc(C)c3C)n2)C(C)C)c1. The molecule has 4 nitrogen and oxygen atoms in total. The van der Waals surface area contributed by atoms with E-state index in [1.807, 2.05) is 67.4 Å². The summed E-state index contributed by atoms with van der Waals surface area (Å²) in [7, 11) is 0. The predicted octanol–water partition coefficient (Wildman–Crippen LogP) is 5.70. The van der Waals surface area contributed by atoms with Gasteiger partial charge in [0.25, 0.3) is 5.91 Å². The Bertz CT molecular complexity index is 994. The number of hydrogen-bond acceptors (Lipinski definition) is 4. The van der Waals surface area contributed by atoms with Gasteiger partial charge in [-0.15, -0.1) is 11.3 Å². The molecule has 0 aliphatic heterocycles. The summed E-state index contributed by atoms with van der Waals surface area (Å²) in [5, 5.41) is 2.92. The molecule has 1 amide bonds. The molecule has 0 spiro atoms. The molecule has 5 heteroatoms. The summed E-state index contributed by atoms with van der Waals surface area (Å²) in [6.07, 6.45) is 0. The highest BCUT2D eigenvalue weighted by molar-refractivity contribution is 7.09. The van der Waals surface area contributed by atoms with Crippen molar-refractivity contribution in [3.05, 3.63) is 80.8 Å². The minimum atomic E-state index is 0.0323. The van der Waals surface area contributed by atoms with E-state index >= 15 is 0 Å². The maximum Gasteiger partial charge on any atom is 0.254 e. The Kier molecular flexibility index (Phi) is 6.70. The Hall–Kier alpha value is -2.66. The number of nitrogens with zero attached hydrogens (tertiary/aromatic N) is 2. The lowest BCUT2D eigenvalue weighted by Crippen LogP contribution is -2.36. The highest BCUT2D eigenvalue weighted by atomic mass is 32.1. The molecule has 0 saturated carbocycles. The molecule has 152 valence electrons. The first-order valence-electron chi connectivity index (χ1n) is 9.85. The largest absolute Gasteiger partial charge is 0.486 e. The summed E-state index contributed by atoms with van der Waals surface area (Å²) in [5.74, 6) is 0.921. The van der Waals surface area contributed by atoms with Gasteiger partial charge in [-0.25, -0.2) is 4.98 Å². The van der Waals surface area contributed by atoms with E-state index in [2.05, 4.69) is 19.9 Å². The van der Waals surface area contributed by atoms with Crippen molar-refractivity contribution in [2.24, 2.45) is 0 Å². The van der Waals surface area contributed by atoms with Gasteiger partial charge in [-0.2, -0.15) is 0 Å². The highest BCUT2D eigenvalue weighted by Gasteiger charge is 2.20. The monoisotopic (exact) mass is 408 g/mol. The van der Waals surface area contributed by atoms with Crippen molar-refractivity contribution < 1.29 is 9.53 Å². The van der Waals surface area contributed by atoms with Crippen LogP contribution in [0.2, 0.25) is 0 Å². The number of rotatable bonds is 7. The first-order valence-corrected chi connectivity index (χ1v) is 10.7. The van der Waals surface area contributed by atoms with Gasteiger partial charge in [0.05, 0.1) is 12.2 Å². The van der Waals surface area contributed by atoms with Crippen molar-refractivity contribution >= 4 is 17.2 Å². The van der Waals surface area contributed by atoms with Gasteiger partial charge in [0.15, 0.2) is 0 Å². The molecule has 0 N–H and O–H groups in total. The quantitative estimate of drug-likeness (QED) is 0.504. The first kappa shape index (κ1) is 21.1. The maximum atomic E-state index is 13.0. The summed E-state index contributed by atoms with van der Waals surface area (Å²) in [6, 6.07) is 13.9. The summed E-state index contributed by atoms with van der Waals surface area (Å²) >= 11 is 1.57. The molecule has 3 aromatic rings. The van der Waals surface area contributed by atoms with Crippen LogP contribution in [0.4, 0.5) is 0 Å². The van der Waals surface area contributed by atoms with Gasteiger partial charge in [-0.1, -0.05) is 29.8 Å². The van der Waals surface area contributed by atoms with Crippen molar-refractivity contribution in [3.8, 4) is 5.75 Å². The third-order valence-electron chi connectivity index (χ3n) is 4.99. The van der Waals surface area contributed by atoms with Crippen LogP contribution in [-0.4, -0.2) is 21.8 Å². The molecule has 1 aromatic heterocycles. The smallest absolute Gasteiger partial charge is 0.254 e. The average Bonchev–Trinajstić information content (AvgIpc) is 3.14. The number of amides is 1. The van der Waals surface area contributed by atoms with E-state index in [1.54, 1.807) is 11.3 Å². The second-order valence-electron chi connectivity index (χ2n) is 7.62. The van der Waals surface area contributed by atoms with E-state index in [0.717, 1.165) is 27.6 Å². The fourth-order valence-corrected chi connectivity index (χ4v) is 3.81. The number of hydrogen-bond donors (Lipinski definition) is 0. The molecule has 3 rings (SSSR count). The Balaban J connectivity index is 1.68. The van der Waals surface area contributed by atoms with Crippen LogP contribution in [0.1, 0.15) is 51.6 Å². The average molecular weight is 409 g/mol. The summed E-state index contributed by atoms with van der Waals surface area (Å²) in [5.41, 5.74) is 5.05. The molecular weight excluding hydrogens is 380 g/mol. The van der Waals surface area contributed by atoms with E-state index < -0.39 is 0 Å². The molecule has 0 bridgehead atoms. The molecule has 0 saturated heterocycles. The highest BCUT2D eigenvalue weighted by Crippen LogP contribution is 2.23. The third kappa shape index (κ3) is 5.24. The number of benzene rings is 2. The minimum Gasteiger partial charge on any atom is -0.486 e. The minimum absolute atomic E-state index is 0.0323. The fourth-order valence-electron chi connectivity index (χ4n) is 3.12. The lowest BCUT2D eigenvalue weighted by atomic mass is 10.1. The molecule has 2 aromatic carbocycles. The Morgan fingerprint density at radius 2 is 1.90 bits per heavy atom. The van der Waals surface area contributed by atoms with Crippen molar-refractivity contribution in [3.63, 3.8) is 0 Å². The third-order valence-corrected chi connectivity index (χ3v) is 5.86. The van der Waals surface area contributed by atoms with Crippen LogP contribution < -0.4 is 4.74 Å². The molecule has 0 aliphatic carbocycles. The van der Waals surface area contributed by atoms with Gasteiger partial charge in [0, 0.05) is 17.0 Å². The van der Waals surface area contributed by atoms with Crippen LogP contribution in [0.3, 0.4) is 0 Å². The van der Waals surface area contributed by atoms with E-state index in [4.69, 9.17) is 9.72 Å². The van der Waals surface area contributed by atoms with Gasteiger partial charge in [0.1, 0.15) is 17.4 Å². The number of ether oxygens (including phenoxy) is 1. The number of carbonyl (C=O) groups is 1.